The smallest absolute Gasteiger partial charge is 0.257 e. The number of aromatic nitrogens is 2. The molecule has 1 aliphatic rings. The maximum absolute atomic E-state index is 15.1. The number of anilines is 1. The van der Waals surface area contributed by atoms with Gasteiger partial charge in [0.15, 0.2) is 28.9 Å². The van der Waals surface area contributed by atoms with Gasteiger partial charge in [0.05, 0.1) is 24.1 Å². The third-order valence-electron chi connectivity index (χ3n) is 6.31. The van der Waals surface area contributed by atoms with Crippen molar-refractivity contribution in [2.45, 2.75) is 32.4 Å². The number of β-amino-alcohol motifs (C(OH)–C–C–N with tert-alkyl or cyclic N) is 1. The summed E-state index contributed by atoms with van der Waals surface area (Å²) < 4.78 is 64.4. The minimum absolute atomic E-state index is 0.0650. The van der Waals surface area contributed by atoms with Crippen LogP contribution in [0.2, 0.25) is 0 Å². The molecule has 1 fully saturated rings. The van der Waals surface area contributed by atoms with Crippen LogP contribution >= 0.6 is 0 Å². The standard InChI is InChI=1S/C25H26F4N4O4/c1-12(2)20(11-37-3)30-25(36)16-10-33(21-17(27)6-13(26)7-18(21)28)23-15(22(16)35)8-19(29)24(31-23)32-5-4-14(34)9-32/h6-8,10,12,14,20,34H,4-5,9,11H2,1-3H3,(H,30,36)/t14-,20?/m0/s1. The van der Waals surface area contributed by atoms with E-state index in [2.05, 4.69) is 10.3 Å². The third-order valence-corrected chi connectivity index (χ3v) is 6.31. The quantitative estimate of drug-likeness (QED) is 0.464. The van der Waals surface area contributed by atoms with Gasteiger partial charge in [-0.1, -0.05) is 13.8 Å². The Morgan fingerprint density at radius 3 is 2.43 bits per heavy atom. The van der Waals surface area contributed by atoms with Gasteiger partial charge in [0.1, 0.15) is 17.1 Å². The molecular formula is C25H26F4N4O4. The monoisotopic (exact) mass is 522 g/mol. The number of pyridine rings is 2. The first kappa shape index (κ1) is 26.6. The number of aliphatic hydroxyl groups excluding tert-OH is 1. The second-order valence-corrected chi connectivity index (χ2v) is 9.29. The molecule has 0 spiro atoms. The van der Waals surface area contributed by atoms with Gasteiger partial charge < -0.3 is 20.1 Å². The van der Waals surface area contributed by atoms with Crippen molar-refractivity contribution in [2.24, 2.45) is 5.92 Å². The van der Waals surface area contributed by atoms with E-state index in [1.165, 1.54) is 12.0 Å². The van der Waals surface area contributed by atoms with Gasteiger partial charge >= 0.3 is 0 Å². The lowest BCUT2D eigenvalue weighted by Gasteiger charge is -2.22. The summed E-state index contributed by atoms with van der Waals surface area (Å²) in [6.07, 6.45) is 0.528. The largest absolute Gasteiger partial charge is 0.391 e. The van der Waals surface area contributed by atoms with E-state index >= 15 is 4.39 Å². The number of rotatable bonds is 7. The van der Waals surface area contributed by atoms with Crippen molar-refractivity contribution in [1.29, 1.82) is 0 Å². The second kappa shape index (κ2) is 10.5. The fourth-order valence-electron chi connectivity index (χ4n) is 4.29. The highest BCUT2D eigenvalue weighted by Crippen LogP contribution is 2.28. The van der Waals surface area contributed by atoms with E-state index in [1.54, 1.807) is 0 Å². The molecule has 8 nitrogen and oxygen atoms in total. The lowest BCUT2D eigenvalue weighted by atomic mass is 10.0. The van der Waals surface area contributed by atoms with Crippen LogP contribution in [-0.4, -0.2) is 59.5 Å². The van der Waals surface area contributed by atoms with Gasteiger partial charge in [0.25, 0.3) is 5.91 Å². The summed E-state index contributed by atoms with van der Waals surface area (Å²) >= 11 is 0. The molecule has 4 rings (SSSR count). The molecule has 1 aliphatic heterocycles. The van der Waals surface area contributed by atoms with Crippen molar-refractivity contribution in [3.05, 3.63) is 63.5 Å². The number of carbonyl (C=O) groups excluding carboxylic acids is 1. The highest BCUT2D eigenvalue weighted by molar-refractivity contribution is 5.97. The number of halogens is 4. The summed E-state index contributed by atoms with van der Waals surface area (Å²) in [7, 11) is 1.44. The van der Waals surface area contributed by atoms with Gasteiger partial charge in [-0.05, 0) is 18.4 Å². The maximum Gasteiger partial charge on any atom is 0.257 e. The van der Waals surface area contributed by atoms with E-state index in [4.69, 9.17) is 4.74 Å². The summed E-state index contributed by atoms with van der Waals surface area (Å²) in [5.41, 5.74) is -2.58. The number of hydrogen-bond acceptors (Lipinski definition) is 6. The number of benzene rings is 1. The van der Waals surface area contributed by atoms with Crippen molar-refractivity contribution in [2.75, 3.05) is 31.7 Å². The maximum atomic E-state index is 15.1. The number of fused-ring (bicyclic) bond motifs is 1. The molecule has 1 saturated heterocycles. The van der Waals surface area contributed by atoms with Crippen molar-refractivity contribution in [3.8, 4) is 5.69 Å². The topological polar surface area (TPSA) is 96.7 Å². The van der Waals surface area contributed by atoms with Crippen molar-refractivity contribution in [3.63, 3.8) is 0 Å². The van der Waals surface area contributed by atoms with E-state index in [9.17, 15) is 27.9 Å². The van der Waals surface area contributed by atoms with Crippen LogP contribution in [0.25, 0.3) is 16.7 Å². The Labute approximate surface area is 209 Å². The number of carbonyl (C=O) groups is 1. The average molecular weight is 522 g/mol. The predicted octanol–water partition coefficient (Wildman–Crippen LogP) is 2.91. The molecule has 0 bridgehead atoms. The van der Waals surface area contributed by atoms with E-state index in [-0.39, 0.29) is 37.1 Å². The molecule has 0 aliphatic carbocycles. The molecule has 198 valence electrons. The van der Waals surface area contributed by atoms with Crippen LogP contribution in [0.15, 0.2) is 29.2 Å². The highest BCUT2D eigenvalue weighted by atomic mass is 19.1. The minimum atomic E-state index is -1.32. The van der Waals surface area contributed by atoms with E-state index in [0.29, 0.717) is 18.6 Å². The molecular weight excluding hydrogens is 496 g/mol. The highest BCUT2D eigenvalue weighted by Gasteiger charge is 2.28. The fraction of sp³-hybridized carbons (Fsp3) is 0.400. The zero-order chi connectivity index (χ0) is 27.0. The molecule has 0 saturated carbocycles. The molecule has 1 unspecified atom stereocenters. The predicted molar refractivity (Wildman–Crippen MR) is 128 cm³/mol. The van der Waals surface area contributed by atoms with Crippen LogP contribution < -0.4 is 15.6 Å². The van der Waals surface area contributed by atoms with E-state index in [1.807, 2.05) is 13.8 Å². The number of ether oxygens (including phenoxy) is 1. The first-order valence-electron chi connectivity index (χ1n) is 11.7. The number of methoxy groups -OCH3 is 1. The lowest BCUT2D eigenvalue weighted by Crippen LogP contribution is -2.43. The van der Waals surface area contributed by atoms with Crippen molar-refractivity contribution < 1.29 is 32.2 Å². The van der Waals surface area contributed by atoms with E-state index < -0.39 is 63.4 Å². The number of nitrogens with zero attached hydrogens (tertiary/aromatic N) is 3. The van der Waals surface area contributed by atoms with Crippen LogP contribution in [0, 0.1) is 29.2 Å². The summed E-state index contributed by atoms with van der Waals surface area (Å²) in [6, 6.07) is 1.22. The molecule has 1 aromatic carbocycles. The van der Waals surface area contributed by atoms with Gasteiger partial charge in [-0.15, -0.1) is 0 Å². The van der Waals surface area contributed by atoms with Crippen molar-refractivity contribution >= 4 is 22.8 Å². The Balaban J connectivity index is 1.97. The number of amides is 1. The molecule has 1 amide bonds. The summed E-state index contributed by atoms with van der Waals surface area (Å²) in [5, 5.41) is 12.1. The molecule has 2 aromatic heterocycles. The van der Waals surface area contributed by atoms with E-state index in [0.717, 1.165) is 16.8 Å². The lowest BCUT2D eigenvalue weighted by molar-refractivity contribution is 0.0865. The van der Waals surface area contributed by atoms with Gasteiger partial charge in [-0.3, -0.25) is 14.2 Å². The van der Waals surface area contributed by atoms with Gasteiger partial charge in [-0.25, -0.2) is 22.5 Å². The van der Waals surface area contributed by atoms with Crippen LogP contribution in [0.5, 0.6) is 0 Å². The van der Waals surface area contributed by atoms with Gasteiger partial charge in [-0.2, -0.15) is 0 Å². The molecule has 3 aromatic rings. The number of nitrogens with one attached hydrogen (secondary N) is 1. The normalized spacial score (nSPS) is 16.6. The first-order chi connectivity index (χ1) is 17.5. The third kappa shape index (κ3) is 5.16. The van der Waals surface area contributed by atoms with Crippen LogP contribution in [0.4, 0.5) is 23.4 Å². The Kier molecular flexibility index (Phi) is 7.51. The Hall–Kier alpha value is -3.51. The fourth-order valence-corrected chi connectivity index (χ4v) is 4.29. The molecule has 37 heavy (non-hydrogen) atoms. The Morgan fingerprint density at radius 2 is 1.86 bits per heavy atom. The second-order valence-electron chi connectivity index (χ2n) is 9.29. The zero-order valence-electron chi connectivity index (χ0n) is 20.4. The SMILES string of the molecule is COCC(NC(=O)c1cn(-c2c(F)cc(F)cc2F)c2nc(N3CC[C@H](O)C3)c(F)cc2c1=O)C(C)C. The molecule has 3 heterocycles. The van der Waals surface area contributed by atoms with Crippen LogP contribution in [0.1, 0.15) is 30.6 Å². The summed E-state index contributed by atoms with van der Waals surface area (Å²) in [5.74, 6) is -5.93. The van der Waals surface area contributed by atoms with Gasteiger partial charge in [0, 0.05) is 38.5 Å². The first-order valence-corrected chi connectivity index (χ1v) is 11.7. The minimum Gasteiger partial charge on any atom is -0.391 e. The molecule has 2 atom stereocenters. The van der Waals surface area contributed by atoms with Crippen LogP contribution in [-0.2, 0) is 4.74 Å². The average Bonchev–Trinajstić information content (AvgIpc) is 3.25. The van der Waals surface area contributed by atoms with Crippen molar-refractivity contribution in [1.82, 2.24) is 14.9 Å². The molecule has 12 heteroatoms. The van der Waals surface area contributed by atoms with Crippen LogP contribution in [0.3, 0.4) is 0 Å². The number of hydrogen-bond donors (Lipinski definition) is 2. The zero-order valence-corrected chi connectivity index (χ0v) is 20.4. The summed E-state index contributed by atoms with van der Waals surface area (Å²) in [6.45, 7) is 4.10. The molecule has 2 N–H and O–H groups in total. The Bertz CT molecular complexity index is 1390. The Morgan fingerprint density at radius 1 is 1.19 bits per heavy atom. The van der Waals surface area contributed by atoms with Gasteiger partial charge in [0.2, 0.25) is 5.43 Å². The number of aliphatic hydroxyl groups is 1. The summed E-state index contributed by atoms with van der Waals surface area (Å²) in [4.78, 5) is 32.0. The molecule has 0 radical (unpaired) electrons.